The number of thiazole rings is 1. The van der Waals surface area contributed by atoms with E-state index >= 15 is 0 Å². The number of hydrogen-bond donors (Lipinski definition) is 1. The van der Waals surface area contributed by atoms with Crippen molar-refractivity contribution in [3.8, 4) is 0 Å². The Morgan fingerprint density at radius 2 is 2.21 bits per heavy atom. The average molecular weight is 360 g/mol. The van der Waals surface area contributed by atoms with Crippen LogP contribution in [-0.2, 0) is 11.3 Å². The Kier molecular flexibility index (Phi) is 5.27. The van der Waals surface area contributed by atoms with Crippen LogP contribution < -0.4 is 10.9 Å². The second-order valence-corrected chi connectivity index (χ2v) is 7.40. The van der Waals surface area contributed by atoms with Crippen molar-refractivity contribution in [3.05, 3.63) is 52.7 Å². The van der Waals surface area contributed by atoms with Gasteiger partial charge in [0.15, 0.2) is 4.34 Å². The molecule has 0 aliphatic rings. The summed E-state index contributed by atoms with van der Waals surface area (Å²) in [6, 6.07) is 9.38. The summed E-state index contributed by atoms with van der Waals surface area (Å²) in [6.45, 7) is 2.57. The third-order valence-corrected chi connectivity index (χ3v) is 5.47. The van der Waals surface area contributed by atoms with Crippen LogP contribution in [-0.4, -0.2) is 32.7 Å². The van der Waals surface area contributed by atoms with Gasteiger partial charge in [-0.25, -0.2) is 9.97 Å². The van der Waals surface area contributed by atoms with Gasteiger partial charge in [-0.2, -0.15) is 0 Å². The number of amides is 1. The number of nitrogens with zero attached hydrogens (tertiary/aromatic N) is 3. The zero-order valence-electron chi connectivity index (χ0n) is 13.1. The van der Waals surface area contributed by atoms with Crippen LogP contribution in [0.25, 0.3) is 10.2 Å². The van der Waals surface area contributed by atoms with E-state index in [0.717, 1.165) is 14.6 Å². The monoisotopic (exact) mass is 360 g/mol. The third-order valence-electron chi connectivity index (χ3n) is 3.29. The first kappa shape index (κ1) is 16.7. The highest BCUT2D eigenvalue weighted by molar-refractivity contribution is 8.01. The van der Waals surface area contributed by atoms with Crippen molar-refractivity contribution in [2.45, 2.75) is 17.8 Å². The van der Waals surface area contributed by atoms with Gasteiger partial charge in [-0.15, -0.1) is 11.3 Å². The lowest BCUT2D eigenvalue weighted by molar-refractivity contribution is -0.118. The Labute approximate surface area is 147 Å². The molecule has 24 heavy (non-hydrogen) atoms. The van der Waals surface area contributed by atoms with Crippen molar-refractivity contribution in [1.29, 1.82) is 0 Å². The largest absolute Gasteiger partial charge is 0.354 e. The van der Waals surface area contributed by atoms with Crippen molar-refractivity contribution in [2.75, 3.05) is 12.3 Å². The summed E-state index contributed by atoms with van der Waals surface area (Å²) in [5.41, 5.74) is 1.53. The molecule has 6 nitrogen and oxygen atoms in total. The number of carbonyl (C=O) groups excluding carboxylic acids is 1. The maximum Gasteiger partial charge on any atom is 0.253 e. The third kappa shape index (κ3) is 4.21. The molecule has 3 rings (SSSR count). The van der Waals surface area contributed by atoms with Gasteiger partial charge in [0, 0.05) is 24.8 Å². The Hall–Kier alpha value is -2.19. The smallest absolute Gasteiger partial charge is 0.253 e. The second kappa shape index (κ2) is 7.59. The molecule has 1 aromatic carbocycles. The molecule has 0 bridgehead atoms. The zero-order chi connectivity index (χ0) is 16.9. The summed E-state index contributed by atoms with van der Waals surface area (Å²) in [6.07, 6.45) is 1.50. The molecule has 0 fully saturated rings. The molecule has 3 aromatic rings. The highest BCUT2D eigenvalue weighted by Gasteiger charge is 2.07. The number of carbonyl (C=O) groups is 1. The number of hydrogen-bond acceptors (Lipinski definition) is 6. The van der Waals surface area contributed by atoms with E-state index < -0.39 is 0 Å². The van der Waals surface area contributed by atoms with Crippen LogP contribution in [0.5, 0.6) is 0 Å². The van der Waals surface area contributed by atoms with E-state index in [9.17, 15) is 9.59 Å². The molecule has 0 aliphatic carbocycles. The fourth-order valence-electron chi connectivity index (χ4n) is 2.09. The predicted molar refractivity (Wildman–Crippen MR) is 96.6 cm³/mol. The lowest BCUT2D eigenvalue weighted by Gasteiger charge is -2.06. The van der Waals surface area contributed by atoms with Gasteiger partial charge in [-0.3, -0.25) is 14.2 Å². The van der Waals surface area contributed by atoms with Crippen LogP contribution in [0.15, 0.2) is 45.8 Å². The van der Waals surface area contributed by atoms with Crippen LogP contribution in [0, 0.1) is 6.92 Å². The number of benzene rings is 1. The summed E-state index contributed by atoms with van der Waals surface area (Å²) >= 11 is 3.00. The number of nitrogens with one attached hydrogen (secondary N) is 1. The summed E-state index contributed by atoms with van der Waals surface area (Å²) in [5, 5.41) is 2.81. The standard InChI is InChI=1S/C16H16N4O2S2/c1-11-8-15(22)20(10-18-11)7-6-17-14(21)9-23-16-19-12-4-2-3-5-13(12)24-16/h2-5,8,10H,6-7,9H2,1H3,(H,17,21). The molecule has 124 valence electrons. The normalized spacial score (nSPS) is 10.9. The quantitative estimate of drug-likeness (QED) is 0.681. The highest BCUT2D eigenvalue weighted by Crippen LogP contribution is 2.28. The van der Waals surface area contributed by atoms with Crippen LogP contribution in [0.1, 0.15) is 5.69 Å². The maximum atomic E-state index is 11.9. The number of aryl methyl sites for hydroxylation is 1. The Morgan fingerprint density at radius 3 is 3.00 bits per heavy atom. The molecular formula is C16H16N4O2S2. The molecule has 0 unspecified atom stereocenters. The van der Waals surface area contributed by atoms with E-state index in [1.165, 1.54) is 28.7 Å². The van der Waals surface area contributed by atoms with Crippen LogP contribution in [0.2, 0.25) is 0 Å². The SMILES string of the molecule is Cc1cc(=O)n(CCNC(=O)CSc2nc3ccccc3s2)cn1. The van der Waals surface area contributed by atoms with Gasteiger partial charge in [0.25, 0.3) is 5.56 Å². The topological polar surface area (TPSA) is 76.9 Å². The number of aromatic nitrogens is 3. The lowest BCUT2D eigenvalue weighted by Crippen LogP contribution is -2.31. The number of para-hydroxylation sites is 1. The van der Waals surface area contributed by atoms with Gasteiger partial charge < -0.3 is 5.32 Å². The molecular weight excluding hydrogens is 344 g/mol. The molecule has 1 amide bonds. The summed E-state index contributed by atoms with van der Waals surface area (Å²) in [7, 11) is 0. The molecule has 2 heterocycles. The average Bonchev–Trinajstić information content (AvgIpc) is 2.98. The van der Waals surface area contributed by atoms with Crippen molar-refractivity contribution in [3.63, 3.8) is 0 Å². The molecule has 0 atom stereocenters. The van der Waals surface area contributed by atoms with Crippen molar-refractivity contribution in [1.82, 2.24) is 19.9 Å². The lowest BCUT2D eigenvalue weighted by atomic mass is 10.3. The van der Waals surface area contributed by atoms with Crippen molar-refractivity contribution >= 4 is 39.2 Å². The second-order valence-electron chi connectivity index (χ2n) is 5.15. The Balaban J connectivity index is 1.46. The molecule has 2 aromatic heterocycles. The minimum absolute atomic E-state index is 0.0765. The van der Waals surface area contributed by atoms with E-state index in [2.05, 4.69) is 15.3 Å². The van der Waals surface area contributed by atoms with E-state index in [-0.39, 0.29) is 11.5 Å². The van der Waals surface area contributed by atoms with Gasteiger partial charge in [-0.05, 0) is 19.1 Å². The Bertz CT molecular complexity index is 887. The first-order valence-corrected chi connectivity index (χ1v) is 9.20. The fourth-order valence-corrected chi connectivity index (χ4v) is 3.99. The van der Waals surface area contributed by atoms with Gasteiger partial charge in [0.1, 0.15) is 0 Å². The fraction of sp³-hybridized carbons (Fsp3) is 0.250. The van der Waals surface area contributed by atoms with Gasteiger partial charge in [-0.1, -0.05) is 23.9 Å². The molecule has 0 radical (unpaired) electrons. The molecule has 0 saturated heterocycles. The van der Waals surface area contributed by atoms with Gasteiger partial charge >= 0.3 is 0 Å². The number of thioether (sulfide) groups is 1. The van der Waals surface area contributed by atoms with Crippen LogP contribution in [0.3, 0.4) is 0 Å². The van der Waals surface area contributed by atoms with E-state index in [1.54, 1.807) is 18.3 Å². The first-order valence-electron chi connectivity index (χ1n) is 7.40. The summed E-state index contributed by atoms with van der Waals surface area (Å²) in [4.78, 5) is 32.2. The first-order chi connectivity index (χ1) is 11.6. The van der Waals surface area contributed by atoms with Crippen LogP contribution in [0.4, 0.5) is 0 Å². The van der Waals surface area contributed by atoms with E-state index in [0.29, 0.717) is 24.5 Å². The zero-order valence-corrected chi connectivity index (χ0v) is 14.7. The molecule has 8 heteroatoms. The van der Waals surface area contributed by atoms with Gasteiger partial charge in [0.2, 0.25) is 5.91 Å². The Morgan fingerprint density at radius 1 is 1.38 bits per heavy atom. The number of fused-ring (bicyclic) bond motifs is 1. The van der Waals surface area contributed by atoms with Crippen molar-refractivity contribution in [2.24, 2.45) is 0 Å². The summed E-state index contributed by atoms with van der Waals surface area (Å²) < 4.78 is 3.48. The molecule has 1 N–H and O–H groups in total. The predicted octanol–water partition coefficient (Wildman–Crippen LogP) is 2.07. The van der Waals surface area contributed by atoms with E-state index in [4.69, 9.17) is 0 Å². The van der Waals surface area contributed by atoms with Crippen LogP contribution >= 0.6 is 23.1 Å². The minimum Gasteiger partial charge on any atom is -0.354 e. The maximum absolute atomic E-state index is 11.9. The highest BCUT2D eigenvalue weighted by atomic mass is 32.2. The molecule has 0 aliphatic heterocycles. The molecule has 0 spiro atoms. The van der Waals surface area contributed by atoms with E-state index in [1.807, 2.05) is 24.3 Å². The molecule has 0 saturated carbocycles. The summed E-state index contributed by atoms with van der Waals surface area (Å²) in [5.74, 6) is 0.230. The van der Waals surface area contributed by atoms with Crippen molar-refractivity contribution < 1.29 is 4.79 Å². The number of rotatable bonds is 6. The minimum atomic E-state index is -0.111. The van der Waals surface area contributed by atoms with Gasteiger partial charge in [0.05, 0.1) is 22.3 Å².